The molecule has 0 aromatic heterocycles. The quantitative estimate of drug-likeness (QED) is 0.744. The zero-order valence-corrected chi connectivity index (χ0v) is 18.7. The Morgan fingerprint density at radius 1 is 1.28 bits per heavy atom. The van der Waals surface area contributed by atoms with Gasteiger partial charge in [-0.05, 0) is 38.0 Å². The summed E-state index contributed by atoms with van der Waals surface area (Å²) in [6.45, 7) is 5.41. The fourth-order valence-corrected chi connectivity index (χ4v) is 4.42. The highest BCUT2D eigenvalue weighted by Gasteiger charge is 2.43. The molecule has 2 aromatic carbocycles. The smallest absolute Gasteiger partial charge is 0.251 e. The van der Waals surface area contributed by atoms with Crippen molar-refractivity contribution in [2.45, 2.75) is 38.0 Å². The summed E-state index contributed by atoms with van der Waals surface area (Å²) >= 11 is 0. The van der Waals surface area contributed by atoms with Crippen LogP contribution in [0.25, 0.3) is 0 Å². The minimum absolute atomic E-state index is 0.0642. The van der Waals surface area contributed by atoms with Gasteiger partial charge in [-0.15, -0.1) is 0 Å². The first-order valence-electron chi connectivity index (χ1n) is 11.1. The highest BCUT2D eigenvalue weighted by Crippen LogP contribution is 2.33. The maximum Gasteiger partial charge on any atom is 0.251 e. The molecule has 2 saturated heterocycles. The van der Waals surface area contributed by atoms with Crippen molar-refractivity contribution in [3.63, 3.8) is 0 Å². The first kappa shape index (κ1) is 22.7. The van der Waals surface area contributed by atoms with Gasteiger partial charge in [-0.2, -0.15) is 0 Å². The molecule has 32 heavy (non-hydrogen) atoms. The largest absolute Gasteiger partial charge is 0.497 e. The van der Waals surface area contributed by atoms with E-state index in [0.717, 1.165) is 18.4 Å². The van der Waals surface area contributed by atoms with Crippen LogP contribution < -0.4 is 10.1 Å². The van der Waals surface area contributed by atoms with Crippen molar-refractivity contribution in [3.8, 4) is 5.75 Å². The maximum absolute atomic E-state index is 14.5. The molecule has 2 atom stereocenters. The van der Waals surface area contributed by atoms with Gasteiger partial charge in [0.15, 0.2) is 0 Å². The molecular formula is C25H31FN2O4. The number of ether oxygens (including phenoxy) is 3. The summed E-state index contributed by atoms with van der Waals surface area (Å²) in [5.74, 6) is 0.146. The number of rotatable bonds is 6. The van der Waals surface area contributed by atoms with Gasteiger partial charge in [-0.25, -0.2) is 4.39 Å². The van der Waals surface area contributed by atoms with Gasteiger partial charge in [0.25, 0.3) is 5.91 Å². The third-order valence-corrected chi connectivity index (χ3v) is 6.23. The Hall–Kier alpha value is -2.48. The summed E-state index contributed by atoms with van der Waals surface area (Å²) in [5.41, 5.74) is 1.96. The van der Waals surface area contributed by atoms with Crippen LogP contribution in [0, 0.1) is 12.7 Å². The van der Waals surface area contributed by atoms with Crippen LogP contribution in [-0.2, 0) is 16.0 Å². The lowest BCUT2D eigenvalue weighted by atomic mass is 9.99. The van der Waals surface area contributed by atoms with Gasteiger partial charge in [0, 0.05) is 43.4 Å². The molecule has 0 saturated carbocycles. The van der Waals surface area contributed by atoms with Crippen molar-refractivity contribution in [3.05, 3.63) is 65.0 Å². The lowest BCUT2D eigenvalue weighted by Gasteiger charge is -2.32. The monoisotopic (exact) mass is 442 g/mol. The van der Waals surface area contributed by atoms with Crippen molar-refractivity contribution in [1.82, 2.24) is 10.2 Å². The highest BCUT2D eigenvalue weighted by atomic mass is 19.1. The number of nitrogens with one attached hydrogen (secondary N) is 1. The van der Waals surface area contributed by atoms with E-state index in [0.29, 0.717) is 56.3 Å². The molecular weight excluding hydrogens is 411 g/mol. The van der Waals surface area contributed by atoms with Crippen LogP contribution in [0.15, 0.2) is 42.5 Å². The second-order valence-electron chi connectivity index (χ2n) is 8.76. The minimum Gasteiger partial charge on any atom is -0.497 e. The molecule has 0 bridgehead atoms. The number of halogens is 1. The lowest BCUT2D eigenvalue weighted by molar-refractivity contribution is -0.0849. The summed E-state index contributed by atoms with van der Waals surface area (Å²) in [6.07, 6.45) is 1.63. The van der Waals surface area contributed by atoms with Crippen LogP contribution in [-0.4, -0.2) is 62.5 Å². The predicted molar refractivity (Wildman–Crippen MR) is 119 cm³/mol. The van der Waals surface area contributed by atoms with Gasteiger partial charge in [-0.3, -0.25) is 9.69 Å². The highest BCUT2D eigenvalue weighted by molar-refractivity contribution is 5.94. The van der Waals surface area contributed by atoms with Crippen LogP contribution in [0.3, 0.4) is 0 Å². The molecule has 1 amide bonds. The fraction of sp³-hybridized carbons (Fsp3) is 0.480. The van der Waals surface area contributed by atoms with E-state index in [1.807, 2.05) is 31.2 Å². The lowest BCUT2D eigenvalue weighted by Crippen LogP contribution is -2.45. The minimum atomic E-state index is -0.432. The molecule has 1 N–H and O–H groups in total. The van der Waals surface area contributed by atoms with E-state index in [9.17, 15) is 9.18 Å². The van der Waals surface area contributed by atoms with Crippen LogP contribution in [0.2, 0.25) is 0 Å². The maximum atomic E-state index is 14.5. The summed E-state index contributed by atoms with van der Waals surface area (Å²) < 4.78 is 31.8. The van der Waals surface area contributed by atoms with Crippen molar-refractivity contribution < 1.29 is 23.4 Å². The molecule has 7 heteroatoms. The van der Waals surface area contributed by atoms with Crippen LogP contribution in [0.5, 0.6) is 5.75 Å². The Morgan fingerprint density at radius 2 is 2.09 bits per heavy atom. The first-order chi connectivity index (χ1) is 15.5. The molecule has 2 aliphatic rings. The molecule has 0 unspecified atom stereocenters. The predicted octanol–water partition coefficient (Wildman–Crippen LogP) is 3.32. The Bertz CT molecular complexity index is 936. The van der Waals surface area contributed by atoms with Crippen LogP contribution >= 0.6 is 0 Å². The van der Waals surface area contributed by atoms with E-state index in [-0.39, 0.29) is 17.8 Å². The van der Waals surface area contributed by atoms with E-state index in [1.165, 1.54) is 13.2 Å². The molecule has 6 nitrogen and oxygen atoms in total. The van der Waals surface area contributed by atoms with Gasteiger partial charge >= 0.3 is 0 Å². The molecule has 1 spiro atoms. The number of nitrogens with zero attached hydrogens (tertiary/aromatic N) is 1. The van der Waals surface area contributed by atoms with E-state index in [4.69, 9.17) is 14.2 Å². The molecule has 2 aliphatic heterocycles. The number of hydrogen-bond donors (Lipinski definition) is 1. The molecule has 172 valence electrons. The molecule has 2 fully saturated rings. The standard InChI is InChI=1S/C25H31FN2O4/c1-18-3-5-19(6-4-18)24(29)27-14-22-9-10-25(32-22)16-28(11-12-31-17-25)15-20-7-8-21(30-2)13-23(20)26/h3-8,13,22H,9-12,14-17H2,1-2H3,(H,27,29)/t22-,25+/m0/s1. The molecule has 2 aromatic rings. The van der Waals surface area contributed by atoms with Crippen molar-refractivity contribution >= 4 is 5.91 Å². The third kappa shape index (κ3) is 5.46. The Morgan fingerprint density at radius 3 is 2.84 bits per heavy atom. The fourth-order valence-electron chi connectivity index (χ4n) is 4.42. The van der Waals surface area contributed by atoms with Gasteiger partial charge in [0.1, 0.15) is 17.2 Å². The summed E-state index contributed by atoms with van der Waals surface area (Å²) in [5, 5.41) is 2.99. The Labute approximate surface area is 188 Å². The average Bonchev–Trinajstić information content (AvgIpc) is 3.08. The number of benzene rings is 2. The summed E-state index contributed by atoms with van der Waals surface area (Å²) in [4.78, 5) is 14.6. The van der Waals surface area contributed by atoms with E-state index in [1.54, 1.807) is 12.1 Å². The topological polar surface area (TPSA) is 60.0 Å². The zero-order chi connectivity index (χ0) is 22.6. The Kier molecular flexibility index (Phi) is 7.08. The number of hydrogen-bond acceptors (Lipinski definition) is 5. The number of methoxy groups -OCH3 is 1. The number of carbonyl (C=O) groups is 1. The molecule has 2 heterocycles. The van der Waals surface area contributed by atoms with Gasteiger partial charge < -0.3 is 19.5 Å². The normalized spacial score (nSPS) is 23.8. The second-order valence-corrected chi connectivity index (χ2v) is 8.76. The molecule has 0 aliphatic carbocycles. The van der Waals surface area contributed by atoms with E-state index >= 15 is 0 Å². The second kappa shape index (κ2) is 9.98. The van der Waals surface area contributed by atoms with E-state index < -0.39 is 5.60 Å². The average molecular weight is 443 g/mol. The SMILES string of the molecule is COc1ccc(CN2CCOC[C@@]3(CC[C@@H](CNC(=O)c4ccc(C)cc4)O3)C2)c(F)c1. The van der Waals surface area contributed by atoms with E-state index in [2.05, 4.69) is 10.2 Å². The van der Waals surface area contributed by atoms with Crippen molar-refractivity contribution in [2.24, 2.45) is 0 Å². The zero-order valence-electron chi connectivity index (χ0n) is 18.7. The van der Waals surface area contributed by atoms with Gasteiger partial charge in [-0.1, -0.05) is 23.8 Å². The van der Waals surface area contributed by atoms with Crippen molar-refractivity contribution in [2.75, 3.05) is 40.0 Å². The van der Waals surface area contributed by atoms with Gasteiger partial charge in [0.05, 0.1) is 26.4 Å². The summed E-state index contributed by atoms with van der Waals surface area (Å²) in [6, 6.07) is 12.5. The Balaban J connectivity index is 1.34. The van der Waals surface area contributed by atoms with Crippen LogP contribution in [0.1, 0.15) is 34.3 Å². The van der Waals surface area contributed by atoms with Gasteiger partial charge in [0.2, 0.25) is 0 Å². The number of aryl methyl sites for hydroxylation is 1. The third-order valence-electron chi connectivity index (χ3n) is 6.23. The van der Waals surface area contributed by atoms with Crippen molar-refractivity contribution in [1.29, 1.82) is 0 Å². The number of carbonyl (C=O) groups excluding carboxylic acids is 1. The molecule has 4 rings (SSSR count). The van der Waals surface area contributed by atoms with Crippen LogP contribution in [0.4, 0.5) is 4.39 Å². The first-order valence-corrected chi connectivity index (χ1v) is 11.1. The summed E-state index contributed by atoms with van der Waals surface area (Å²) in [7, 11) is 1.53. The number of amides is 1. The molecule has 0 radical (unpaired) electrons.